The van der Waals surface area contributed by atoms with E-state index in [-0.39, 0.29) is 5.91 Å². The van der Waals surface area contributed by atoms with Crippen LogP contribution < -0.4 is 4.90 Å². The second-order valence-electron chi connectivity index (χ2n) is 3.50. The third-order valence-electron chi connectivity index (χ3n) is 2.29. The summed E-state index contributed by atoms with van der Waals surface area (Å²) in [7, 11) is 1.75. The lowest BCUT2D eigenvalue weighted by atomic mass is 10.2. The van der Waals surface area contributed by atoms with E-state index in [1.807, 2.05) is 16.8 Å². The molecule has 0 aliphatic heterocycles. The van der Waals surface area contributed by atoms with Crippen LogP contribution in [0.1, 0.15) is 11.3 Å². The van der Waals surface area contributed by atoms with Crippen LogP contribution in [0.3, 0.4) is 0 Å². The first-order valence-corrected chi connectivity index (χ1v) is 7.19. The predicted octanol–water partition coefficient (Wildman–Crippen LogP) is 3.45. The molecule has 3 nitrogen and oxygen atoms in total. The second kappa shape index (κ2) is 5.62. The summed E-state index contributed by atoms with van der Waals surface area (Å²) in [6.45, 7) is 0. The summed E-state index contributed by atoms with van der Waals surface area (Å²) in [6.07, 6.45) is 2.90. The van der Waals surface area contributed by atoms with E-state index < -0.39 is 0 Å². The zero-order chi connectivity index (χ0) is 12.3. The van der Waals surface area contributed by atoms with Crippen molar-refractivity contribution in [2.75, 3.05) is 11.9 Å². The SMILES string of the molecule is CN(C(=O)CCc1cc(Cl)cs1)c1nccs1. The molecule has 0 saturated carbocycles. The quantitative estimate of drug-likeness (QED) is 0.862. The van der Waals surface area contributed by atoms with Crippen molar-refractivity contribution in [3.05, 3.63) is 32.9 Å². The van der Waals surface area contributed by atoms with Crippen LogP contribution >= 0.6 is 34.3 Å². The average molecular weight is 287 g/mol. The first-order chi connectivity index (χ1) is 8.16. The van der Waals surface area contributed by atoms with Crippen molar-refractivity contribution in [2.45, 2.75) is 12.8 Å². The minimum atomic E-state index is 0.0736. The summed E-state index contributed by atoms with van der Waals surface area (Å²) in [4.78, 5) is 18.7. The monoisotopic (exact) mass is 286 g/mol. The van der Waals surface area contributed by atoms with Gasteiger partial charge in [-0.15, -0.1) is 22.7 Å². The highest BCUT2D eigenvalue weighted by Gasteiger charge is 2.13. The van der Waals surface area contributed by atoms with Gasteiger partial charge in [-0.2, -0.15) is 0 Å². The molecule has 90 valence electrons. The molecule has 17 heavy (non-hydrogen) atoms. The zero-order valence-electron chi connectivity index (χ0n) is 9.22. The number of hydrogen-bond donors (Lipinski definition) is 0. The van der Waals surface area contributed by atoms with Crippen molar-refractivity contribution >= 4 is 45.3 Å². The average Bonchev–Trinajstić information content (AvgIpc) is 2.95. The van der Waals surface area contributed by atoms with Crippen LogP contribution in [0, 0.1) is 0 Å². The Balaban J connectivity index is 1.89. The van der Waals surface area contributed by atoms with E-state index in [0.717, 1.165) is 21.5 Å². The standard InChI is InChI=1S/C11H11ClN2OS2/c1-14(11-13-4-5-16-11)10(15)3-2-9-6-8(12)7-17-9/h4-7H,2-3H2,1H3. The largest absolute Gasteiger partial charge is 0.291 e. The number of amides is 1. The number of aryl methyl sites for hydroxylation is 1. The smallest absolute Gasteiger partial charge is 0.228 e. The second-order valence-corrected chi connectivity index (χ2v) is 5.80. The summed E-state index contributed by atoms with van der Waals surface area (Å²) < 4.78 is 0. The Kier molecular flexibility index (Phi) is 4.15. The third-order valence-corrected chi connectivity index (χ3v) is 4.48. The molecule has 0 saturated heterocycles. The fraction of sp³-hybridized carbons (Fsp3) is 0.273. The fourth-order valence-corrected chi connectivity index (χ4v) is 3.07. The lowest BCUT2D eigenvalue weighted by Crippen LogP contribution is -2.26. The number of anilines is 1. The van der Waals surface area contributed by atoms with Crippen LogP contribution in [-0.2, 0) is 11.2 Å². The maximum atomic E-state index is 11.9. The zero-order valence-corrected chi connectivity index (χ0v) is 11.6. The summed E-state index contributed by atoms with van der Waals surface area (Å²) in [5.74, 6) is 0.0736. The van der Waals surface area contributed by atoms with Crippen LogP contribution in [0.5, 0.6) is 0 Å². The Hall–Kier alpha value is -0.910. The van der Waals surface area contributed by atoms with E-state index >= 15 is 0 Å². The molecule has 1 amide bonds. The van der Waals surface area contributed by atoms with Crippen LogP contribution in [0.15, 0.2) is 23.0 Å². The molecule has 0 spiro atoms. The van der Waals surface area contributed by atoms with Crippen LogP contribution in [0.2, 0.25) is 5.02 Å². The Morgan fingerprint density at radius 3 is 2.94 bits per heavy atom. The van der Waals surface area contributed by atoms with Gasteiger partial charge in [0.15, 0.2) is 5.13 Å². The minimum Gasteiger partial charge on any atom is -0.291 e. The van der Waals surface area contributed by atoms with Gasteiger partial charge in [-0.1, -0.05) is 11.6 Å². The van der Waals surface area contributed by atoms with Gasteiger partial charge in [0, 0.05) is 35.3 Å². The van der Waals surface area contributed by atoms with Gasteiger partial charge >= 0.3 is 0 Å². The van der Waals surface area contributed by atoms with Gasteiger partial charge < -0.3 is 0 Å². The van der Waals surface area contributed by atoms with Gasteiger partial charge in [-0.25, -0.2) is 4.98 Å². The summed E-state index contributed by atoms with van der Waals surface area (Å²) in [6, 6.07) is 1.91. The van der Waals surface area contributed by atoms with E-state index in [9.17, 15) is 4.79 Å². The molecule has 0 aromatic carbocycles. The van der Waals surface area contributed by atoms with E-state index in [1.165, 1.54) is 11.3 Å². The molecular formula is C11H11ClN2OS2. The summed E-state index contributed by atoms with van der Waals surface area (Å²) >= 11 is 8.87. The minimum absolute atomic E-state index is 0.0736. The predicted molar refractivity (Wildman–Crippen MR) is 73.2 cm³/mol. The molecule has 0 fully saturated rings. The van der Waals surface area contributed by atoms with Gasteiger partial charge in [0.25, 0.3) is 0 Å². The molecule has 0 bridgehead atoms. The van der Waals surface area contributed by atoms with Gasteiger partial charge in [0.05, 0.1) is 5.02 Å². The van der Waals surface area contributed by atoms with Crippen LogP contribution in [0.4, 0.5) is 5.13 Å². The number of nitrogens with zero attached hydrogens (tertiary/aromatic N) is 2. The lowest BCUT2D eigenvalue weighted by Gasteiger charge is -2.12. The number of carbonyl (C=O) groups is 1. The van der Waals surface area contributed by atoms with Gasteiger partial charge in [0.1, 0.15) is 0 Å². The number of aromatic nitrogens is 1. The molecule has 0 unspecified atom stereocenters. The first-order valence-electron chi connectivity index (χ1n) is 5.06. The van der Waals surface area contributed by atoms with Gasteiger partial charge in [-0.05, 0) is 12.5 Å². The first kappa shape index (κ1) is 12.5. The van der Waals surface area contributed by atoms with E-state index in [1.54, 1.807) is 29.5 Å². The molecule has 0 aliphatic carbocycles. The van der Waals surface area contributed by atoms with Crippen molar-refractivity contribution in [3.8, 4) is 0 Å². The topological polar surface area (TPSA) is 33.2 Å². The number of halogens is 1. The Bertz CT molecular complexity index is 495. The maximum Gasteiger partial charge on any atom is 0.228 e. The van der Waals surface area contributed by atoms with Crippen molar-refractivity contribution in [2.24, 2.45) is 0 Å². The Labute approximate surface area is 113 Å². The van der Waals surface area contributed by atoms with E-state index in [4.69, 9.17) is 11.6 Å². The molecule has 2 heterocycles. The summed E-state index contributed by atoms with van der Waals surface area (Å²) in [5, 5.41) is 5.22. The van der Waals surface area contributed by atoms with E-state index in [0.29, 0.717) is 6.42 Å². The van der Waals surface area contributed by atoms with Gasteiger partial charge in [-0.3, -0.25) is 9.69 Å². The Morgan fingerprint density at radius 1 is 1.53 bits per heavy atom. The molecule has 0 N–H and O–H groups in total. The highest BCUT2D eigenvalue weighted by molar-refractivity contribution is 7.13. The normalized spacial score (nSPS) is 10.5. The Morgan fingerprint density at radius 2 is 2.35 bits per heavy atom. The molecule has 2 aromatic heterocycles. The number of thiazole rings is 1. The lowest BCUT2D eigenvalue weighted by molar-refractivity contribution is -0.118. The fourth-order valence-electron chi connectivity index (χ4n) is 1.37. The number of hydrogen-bond acceptors (Lipinski definition) is 4. The third kappa shape index (κ3) is 3.28. The number of thiophene rings is 1. The molecule has 0 atom stereocenters. The molecule has 2 rings (SSSR count). The summed E-state index contributed by atoms with van der Waals surface area (Å²) in [5.41, 5.74) is 0. The highest BCUT2D eigenvalue weighted by Crippen LogP contribution is 2.21. The van der Waals surface area contributed by atoms with Crippen LogP contribution in [0.25, 0.3) is 0 Å². The van der Waals surface area contributed by atoms with Crippen molar-refractivity contribution in [1.82, 2.24) is 4.98 Å². The van der Waals surface area contributed by atoms with Crippen molar-refractivity contribution in [1.29, 1.82) is 0 Å². The molecule has 2 aromatic rings. The molecule has 0 radical (unpaired) electrons. The van der Waals surface area contributed by atoms with Gasteiger partial charge in [0.2, 0.25) is 5.91 Å². The number of rotatable bonds is 4. The highest BCUT2D eigenvalue weighted by atomic mass is 35.5. The van der Waals surface area contributed by atoms with E-state index in [2.05, 4.69) is 4.98 Å². The van der Waals surface area contributed by atoms with Crippen molar-refractivity contribution < 1.29 is 4.79 Å². The molecular weight excluding hydrogens is 276 g/mol. The molecule has 0 aliphatic rings. The number of carbonyl (C=O) groups excluding carboxylic acids is 1. The van der Waals surface area contributed by atoms with Crippen molar-refractivity contribution in [3.63, 3.8) is 0 Å². The maximum absolute atomic E-state index is 11.9. The molecule has 6 heteroatoms. The van der Waals surface area contributed by atoms with Crippen LogP contribution in [-0.4, -0.2) is 17.9 Å².